The lowest BCUT2D eigenvalue weighted by Gasteiger charge is -2.34. The van der Waals surface area contributed by atoms with Crippen LogP contribution in [0.25, 0.3) is 0 Å². The number of aliphatic hydroxyl groups is 1. The molecule has 116 valence electrons. The molecular weight excluding hydrogens is 266 g/mol. The maximum atomic E-state index is 11.1. The van der Waals surface area contributed by atoms with Crippen molar-refractivity contribution in [2.45, 2.75) is 45.1 Å². The van der Waals surface area contributed by atoms with Gasteiger partial charge in [0.1, 0.15) is 0 Å². The van der Waals surface area contributed by atoms with E-state index in [-0.39, 0.29) is 29.4 Å². The monoisotopic (exact) mass is 291 g/mol. The van der Waals surface area contributed by atoms with Gasteiger partial charge in [0.15, 0.2) is 0 Å². The molecule has 3 N–H and O–H groups in total. The van der Waals surface area contributed by atoms with Gasteiger partial charge in [0, 0.05) is 18.1 Å². The number of hydrogen-bond donors (Lipinski definition) is 3. The van der Waals surface area contributed by atoms with Gasteiger partial charge in [0.25, 0.3) is 0 Å². The second-order valence-corrected chi connectivity index (χ2v) is 7.18. The fraction of sp³-hybridized carbons (Fsp3) is 0.588. The van der Waals surface area contributed by atoms with Crippen molar-refractivity contribution in [3.8, 4) is 0 Å². The zero-order valence-electron chi connectivity index (χ0n) is 13.0. The Bertz CT molecular complexity index is 495. The van der Waals surface area contributed by atoms with Gasteiger partial charge in [-0.3, -0.25) is 0 Å². The molecule has 0 aliphatic heterocycles. The van der Waals surface area contributed by atoms with Gasteiger partial charge in [0.05, 0.1) is 0 Å². The first-order valence-electron chi connectivity index (χ1n) is 7.45. The molecule has 0 saturated heterocycles. The summed E-state index contributed by atoms with van der Waals surface area (Å²) in [5.41, 5.74) is 0.935. The summed E-state index contributed by atoms with van der Waals surface area (Å²) in [5.74, 6) is 0.223. The van der Waals surface area contributed by atoms with Gasteiger partial charge >= 0.3 is 6.09 Å². The molecule has 1 aromatic carbocycles. The van der Waals surface area contributed by atoms with Crippen LogP contribution >= 0.6 is 0 Å². The Balaban J connectivity index is 2.25. The van der Waals surface area contributed by atoms with Crippen molar-refractivity contribution < 1.29 is 15.0 Å². The fourth-order valence-corrected chi connectivity index (χ4v) is 3.20. The highest BCUT2D eigenvalue weighted by Gasteiger charge is 2.56. The van der Waals surface area contributed by atoms with E-state index in [1.54, 1.807) is 0 Å². The average Bonchev–Trinajstić information content (AvgIpc) is 3.12. The van der Waals surface area contributed by atoms with Crippen molar-refractivity contribution in [3.05, 3.63) is 35.9 Å². The predicted octanol–water partition coefficient (Wildman–Crippen LogP) is 3.01. The summed E-state index contributed by atoms with van der Waals surface area (Å²) >= 11 is 0. The molecule has 21 heavy (non-hydrogen) atoms. The zero-order valence-corrected chi connectivity index (χ0v) is 13.0. The molecule has 0 radical (unpaired) electrons. The second-order valence-electron chi connectivity index (χ2n) is 7.18. The Morgan fingerprint density at radius 2 is 2.00 bits per heavy atom. The molecule has 3 atom stereocenters. The van der Waals surface area contributed by atoms with Gasteiger partial charge in [0.2, 0.25) is 0 Å². The number of carboxylic acid groups (broad SMARTS) is 1. The van der Waals surface area contributed by atoms with Crippen molar-refractivity contribution in [3.63, 3.8) is 0 Å². The topological polar surface area (TPSA) is 69.6 Å². The highest BCUT2D eigenvalue weighted by atomic mass is 16.4. The molecule has 1 saturated carbocycles. The van der Waals surface area contributed by atoms with Crippen LogP contribution in [0.4, 0.5) is 4.79 Å². The predicted molar refractivity (Wildman–Crippen MR) is 82.3 cm³/mol. The van der Waals surface area contributed by atoms with Gasteiger partial charge in [-0.1, -0.05) is 51.1 Å². The number of carbonyl (C=O) groups is 1. The summed E-state index contributed by atoms with van der Waals surface area (Å²) in [4.78, 5) is 11.1. The van der Waals surface area contributed by atoms with Crippen molar-refractivity contribution in [1.29, 1.82) is 0 Å². The van der Waals surface area contributed by atoms with Gasteiger partial charge in [-0.2, -0.15) is 0 Å². The molecular formula is C17H25NO3. The highest BCUT2D eigenvalue weighted by Crippen LogP contribution is 2.58. The molecule has 0 aromatic heterocycles. The van der Waals surface area contributed by atoms with Crippen LogP contribution < -0.4 is 5.32 Å². The van der Waals surface area contributed by atoms with Crippen LogP contribution in [0.2, 0.25) is 0 Å². The SMILES string of the molecule is CC(C)(C)C(C[C@]1(c2ccccc2)C[C@H]1CO)NC(=O)O. The molecule has 1 fully saturated rings. The number of benzene rings is 1. The maximum absolute atomic E-state index is 11.1. The fourth-order valence-electron chi connectivity index (χ4n) is 3.20. The molecule has 4 nitrogen and oxygen atoms in total. The molecule has 0 spiro atoms. The van der Waals surface area contributed by atoms with Crippen LogP contribution in [-0.4, -0.2) is 29.0 Å². The molecule has 1 aliphatic rings. The molecule has 0 heterocycles. The van der Waals surface area contributed by atoms with Gasteiger partial charge in [-0.25, -0.2) is 4.79 Å². The number of amides is 1. The van der Waals surface area contributed by atoms with Gasteiger partial charge in [-0.15, -0.1) is 0 Å². The van der Waals surface area contributed by atoms with E-state index in [2.05, 4.69) is 17.4 Å². The Morgan fingerprint density at radius 3 is 2.43 bits per heavy atom. The third kappa shape index (κ3) is 3.38. The van der Waals surface area contributed by atoms with E-state index in [1.165, 1.54) is 5.56 Å². The third-order valence-corrected chi connectivity index (χ3v) is 4.71. The first kappa shape index (κ1) is 15.8. The summed E-state index contributed by atoms with van der Waals surface area (Å²) < 4.78 is 0. The normalized spacial score (nSPS) is 26.2. The van der Waals surface area contributed by atoms with E-state index in [0.717, 1.165) is 12.8 Å². The summed E-state index contributed by atoms with van der Waals surface area (Å²) in [5, 5.41) is 21.3. The Morgan fingerprint density at radius 1 is 1.38 bits per heavy atom. The lowest BCUT2D eigenvalue weighted by molar-refractivity contribution is 0.166. The minimum absolute atomic E-state index is 0.101. The number of aliphatic hydroxyl groups excluding tert-OH is 1. The average molecular weight is 291 g/mol. The Hall–Kier alpha value is -1.55. The minimum Gasteiger partial charge on any atom is -0.465 e. The molecule has 2 rings (SSSR count). The first-order chi connectivity index (χ1) is 9.79. The van der Waals surface area contributed by atoms with Gasteiger partial charge < -0.3 is 15.5 Å². The van der Waals surface area contributed by atoms with E-state index in [1.807, 2.05) is 39.0 Å². The van der Waals surface area contributed by atoms with E-state index < -0.39 is 6.09 Å². The molecule has 1 unspecified atom stereocenters. The van der Waals surface area contributed by atoms with Crippen LogP contribution in [0.15, 0.2) is 30.3 Å². The molecule has 1 aromatic rings. The van der Waals surface area contributed by atoms with Crippen molar-refractivity contribution in [2.75, 3.05) is 6.61 Å². The van der Waals surface area contributed by atoms with E-state index in [4.69, 9.17) is 5.11 Å². The number of nitrogens with one attached hydrogen (secondary N) is 1. The first-order valence-corrected chi connectivity index (χ1v) is 7.45. The maximum Gasteiger partial charge on any atom is 0.404 e. The molecule has 0 bridgehead atoms. The molecule has 4 heteroatoms. The van der Waals surface area contributed by atoms with Crippen LogP contribution in [-0.2, 0) is 5.41 Å². The molecule has 1 aliphatic carbocycles. The molecule has 1 amide bonds. The lowest BCUT2D eigenvalue weighted by Crippen LogP contribution is -2.45. The summed E-state index contributed by atoms with van der Waals surface area (Å²) in [6.45, 7) is 6.28. The Kier molecular flexibility index (Phi) is 4.28. The smallest absolute Gasteiger partial charge is 0.404 e. The largest absolute Gasteiger partial charge is 0.465 e. The third-order valence-electron chi connectivity index (χ3n) is 4.71. The van der Waals surface area contributed by atoms with Crippen LogP contribution in [0.1, 0.15) is 39.2 Å². The quantitative estimate of drug-likeness (QED) is 0.781. The highest BCUT2D eigenvalue weighted by molar-refractivity contribution is 5.65. The van der Waals surface area contributed by atoms with Crippen LogP contribution in [0.3, 0.4) is 0 Å². The van der Waals surface area contributed by atoms with Crippen LogP contribution in [0.5, 0.6) is 0 Å². The standard InChI is InChI=1S/C17H25NO3/c1-16(2,3)14(18-15(20)21)10-17(9-13(17)11-19)12-7-5-4-6-8-12/h4-8,13-14,18-19H,9-11H2,1-3H3,(H,20,21)/t13-,14?,17-/m0/s1. The summed E-state index contributed by atoms with van der Waals surface area (Å²) in [6.07, 6.45) is 0.652. The number of hydrogen-bond acceptors (Lipinski definition) is 2. The second kappa shape index (κ2) is 5.68. The summed E-state index contributed by atoms with van der Waals surface area (Å²) in [7, 11) is 0. The number of rotatable bonds is 5. The van der Waals surface area contributed by atoms with E-state index >= 15 is 0 Å². The minimum atomic E-state index is -0.987. The zero-order chi connectivity index (χ0) is 15.7. The van der Waals surface area contributed by atoms with Crippen molar-refractivity contribution >= 4 is 6.09 Å². The summed E-state index contributed by atoms with van der Waals surface area (Å²) in [6, 6.07) is 9.99. The van der Waals surface area contributed by atoms with E-state index in [0.29, 0.717) is 0 Å². The van der Waals surface area contributed by atoms with Crippen molar-refractivity contribution in [1.82, 2.24) is 5.32 Å². The lowest BCUT2D eigenvalue weighted by atomic mass is 9.77. The van der Waals surface area contributed by atoms with Crippen molar-refractivity contribution in [2.24, 2.45) is 11.3 Å². The van der Waals surface area contributed by atoms with E-state index in [9.17, 15) is 9.90 Å². The Labute approximate surface area is 126 Å². The van der Waals surface area contributed by atoms with Crippen LogP contribution in [0, 0.1) is 11.3 Å². The van der Waals surface area contributed by atoms with Gasteiger partial charge in [-0.05, 0) is 29.7 Å².